The van der Waals surface area contributed by atoms with Gasteiger partial charge in [0.1, 0.15) is 30.8 Å². The third-order valence-electron chi connectivity index (χ3n) is 11.7. The number of amidine groups is 1. The second-order valence-corrected chi connectivity index (χ2v) is 15.5. The Bertz CT molecular complexity index is 2190. The summed E-state index contributed by atoms with van der Waals surface area (Å²) < 4.78 is 9.28. The number of methoxy groups -OCH3 is 2. The summed E-state index contributed by atoms with van der Waals surface area (Å²) >= 11 is 0. The van der Waals surface area contributed by atoms with E-state index in [1.807, 2.05) is 12.1 Å². The van der Waals surface area contributed by atoms with Crippen molar-refractivity contribution < 1.29 is 33.8 Å². The Morgan fingerprint density at radius 2 is 1.25 bits per heavy atom. The number of amides is 4. The molecule has 15 heteroatoms. The molecule has 0 radical (unpaired) electrons. The highest BCUT2D eigenvalue weighted by molar-refractivity contribution is 6.04. The first-order chi connectivity index (χ1) is 28.6. The fourth-order valence-corrected chi connectivity index (χ4v) is 8.58. The Morgan fingerprint density at radius 3 is 1.81 bits per heavy atom. The number of aromatic nitrogens is 2. The van der Waals surface area contributed by atoms with Gasteiger partial charge < -0.3 is 45.3 Å². The number of benzene rings is 3. The summed E-state index contributed by atoms with van der Waals surface area (Å²) in [5.74, 6) is 1.24. The van der Waals surface area contributed by atoms with Crippen LogP contribution in [0.1, 0.15) is 63.0 Å². The molecule has 3 aromatic carbocycles. The molecule has 5 N–H and O–H groups in total. The number of rotatable bonds is 10. The van der Waals surface area contributed by atoms with Gasteiger partial charge in [-0.25, -0.2) is 14.6 Å². The van der Waals surface area contributed by atoms with Gasteiger partial charge in [0.25, 0.3) is 0 Å². The molecule has 2 saturated heterocycles. The number of alkyl carbamates (subject to hydrolysis) is 2. The summed E-state index contributed by atoms with van der Waals surface area (Å²) in [5.41, 5.74) is 7.65. The van der Waals surface area contributed by atoms with Crippen LogP contribution in [0.4, 0.5) is 15.3 Å². The number of anilines is 1. The second-order valence-electron chi connectivity index (χ2n) is 15.5. The van der Waals surface area contributed by atoms with Gasteiger partial charge in [-0.15, -0.1) is 0 Å². The van der Waals surface area contributed by atoms with Crippen LogP contribution < -0.4 is 16.0 Å². The maximum absolute atomic E-state index is 13.3. The van der Waals surface area contributed by atoms with Crippen molar-refractivity contribution in [1.29, 1.82) is 0 Å². The number of hydrogen-bond donors (Lipinski definition) is 5. The van der Waals surface area contributed by atoms with E-state index in [1.54, 1.807) is 16.0 Å². The Morgan fingerprint density at radius 1 is 0.746 bits per heavy atom. The van der Waals surface area contributed by atoms with Gasteiger partial charge in [0, 0.05) is 24.3 Å². The number of carbonyl (C=O) groups excluding carboxylic acids is 4. The van der Waals surface area contributed by atoms with Crippen LogP contribution in [-0.2, 0) is 19.1 Å². The molecule has 4 amide bonds. The number of nitrogens with one attached hydrogen (secondary N) is 4. The Balaban J connectivity index is 1.04. The van der Waals surface area contributed by atoms with E-state index in [2.05, 4.69) is 98.9 Å². The molecule has 7 rings (SSSR count). The zero-order valence-electron chi connectivity index (χ0n) is 33.9. The van der Waals surface area contributed by atoms with Crippen LogP contribution in [0.25, 0.3) is 33.5 Å². The van der Waals surface area contributed by atoms with Crippen molar-refractivity contribution in [3.8, 4) is 33.5 Å². The van der Waals surface area contributed by atoms with Crippen molar-refractivity contribution in [3.63, 3.8) is 0 Å². The van der Waals surface area contributed by atoms with Crippen molar-refractivity contribution in [3.05, 3.63) is 84.3 Å². The van der Waals surface area contributed by atoms with Gasteiger partial charge in [0.05, 0.1) is 44.8 Å². The first-order valence-corrected chi connectivity index (χ1v) is 20.2. The molecule has 0 bridgehead atoms. The predicted octanol–water partition coefficient (Wildman–Crippen LogP) is 5.91. The first-order valence-electron chi connectivity index (χ1n) is 20.2. The van der Waals surface area contributed by atoms with E-state index in [0.29, 0.717) is 18.9 Å². The number of carbonyl (C=O) groups is 4. The molecule has 0 saturated carbocycles. The minimum absolute atomic E-state index is 0.109. The number of nitrogens with zero attached hydrogens (tertiary/aromatic N) is 4. The van der Waals surface area contributed by atoms with Gasteiger partial charge in [-0.1, -0.05) is 74.5 Å². The van der Waals surface area contributed by atoms with Crippen molar-refractivity contribution >= 4 is 35.5 Å². The topological polar surface area (TPSA) is 191 Å². The number of piperidine rings is 2. The summed E-state index contributed by atoms with van der Waals surface area (Å²) in [6.07, 6.45) is 4.10. The van der Waals surface area contributed by atoms with Crippen molar-refractivity contribution in [2.45, 2.75) is 57.7 Å². The summed E-state index contributed by atoms with van der Waals surface area (Å²) in [4.78, 5) is 66.3. The molecule has 5 atom stereocenters. The van der Waals surface area contributed by atoms with Crippen molar-refractivity contribution in [2.75, 3.05) is 52.3 Å². The van der Waals surface area contributed by atoms with Crippen LogP contribution in [0.2, 0.25) is 0 Å². The van der Waals surface area contributed by atoms with E-state index in [-0.39, 0.29) is 55.4 Å². The number of aliphatic hydroxyl groups is 1. The van der Waals surface area contributed by atoms with E-state index in [0.717, 1.165) is 76.3 Å². The van der Waals surface area contributed by atoms with Gasteiger partial charge in [0.2, 0.25) is 11.8 Å². The van der Waals surface area contributed by atoms with Gasteiger partial charge in [-0.2, -0.15) is 0 Å². The number of imidazole rings is 1. The third kappa shape index (κ3) is 8.94. The molecule has 3 aliphatic rings. The molecule has 5 unspecified atom stereocenters. The molecule has 3 aliphatic heterocycles. The standard InChI is InChI=1S/C44H52N8O7/c1-26-7-5-19-51(37(54)23-46-43(56)58-3)39(26)41-45-22-35(49-41)31-15-13-29(14-16-31)28-9-11-30(12-10-28)32-17-18-33-34(21-32)48-42(50-36(33)25-53)40-27(2)8-6-20-52(40)38(55)24-47-44(57)59-4/h9-18,21-22,26-27,36,39-40,53H,5-8,19-20,23-25H2,1-4H3,(H,45,49)(H,46,56)(H,47,57)(H,48,50). The van der Waals surface area contributed by atoms with Crippen LogP contribution in [0.5, 0.6) is 0 Å². The number of likely N-dealkylation sites (tertiary alicyclic amines) is 2. The minimum atomic E-state index is -0.663. The van der Waals surface area contributed by atoms with E-state index >= 15 is 0 Å². The van der Waals surface area contributed by atoms with E-state index in [4.69, 9.17) is 9.98 Å². The SMILES string of the molecule is COC(=O)NCC(=O)N1CCCC(C)C1C1=NC(CO)c2ccc(-c3ccc(-c4ccc(-c5cnc(C6C(C)CCCN6C(=O)CNC(=O)OC)[nH]5)cc4)cc3)cc2N1. The quantitative estimate of drug-likeness (QED) is 0.130. The summed E-state index contributed by atoms with van der Waals surface area (Å²) in [5, 5.41) is 18.9. The van der Waals surface area contributed by atoms with Gasteiger partial charge in [-0.3, -0.25) is 14.6 Å². The van der Waals surface area contributed by atoms with Crippen molar-refractivity contribution in [1.82, 2.24) is 30.4 Å². The van der Waals surface area contributed by atoms with E-state index in [1.165, 1.54) is 14.2 Å². The van der Waals surface area contributed by atoms with E-state index in [9.17, 15) is 24.3 Å². The van der Waals surface area contributed by atoms with Crippen LogP contribution in [0.3, 0.4) is 0 Å². The lowest BCUT2D eigenvalue weighted by atomic mass is 9.88. The molecule has 4 aromatic rings. The lowest BCUT2D eigenvalue weighted by Crippen LogP contribution is -2.56. The average Bonchev–Trinajstić information content (AvgIpc) is 3.76. The number of H-pyrrole nitrogens is 1. The minimum Gasteiger partial charge on any atom is -0.453 e. The fraction of sp³-hybridized carbons (Fsp3) is 0.409. The Kier molecular flexibility index (Phi) is 12.6. The maximum atomic E-state index is 13.3. The Labute approximate surface area is 343 Å². The summed E-state index contributed by atoms with van der Waals surface area (Å²) in [6, 6.07) is 21.7. The van der Waals surface area contributed by atoms with Crippen molar-refractivity contribution in [2.24, 2.45) is 16.8 Å². The van der Waals surface area contributed by atoms with Crippen LogP contribution in [0, 0.1) is 11.8 Å². The summed E-state index contributed by atoms with van der Waals surface area (Å²) in [6.45, 7) is 4.85. The predicted molar refractivity (Wildman–Crippen MR) is 223 cm³/mol. The fourth-order valence-electron chi connectivity index (χ4n) is 8.58. The average molecular weight is 805 g/mol. The van der Waals surface area contributed by atoms with Crippen LogP contribution >= 0.6 is 0 Å². The number of aliphatic imine (C=N–C) groups is 1. The van der Waals surface area contributed by atoms with Gasteiger partial charge in [-0.05, 0) is 71.4 Å². The second kappa shape index (κ2) is 18.1. The first kappa shape index (κ1) is 41.0. The monoisotopic (exact) mass is 804 g/mol. The number of ether oxygens (including phenoxy) is 2. The zero-order chi connectivity index (χ0) is 41.6. The lowest BCUT2D eigenvalue weighted by Gasteiger charge is -2.42. The highest BCUT2D eigenvalue weighted by Crippen LogP contribution is 2.38. The molecule has 310 valence electrons. The maximum Gasteiger partial charge on any atom is 0.407 e. The highest BCUT2D eigenvalue weighted by Gasteiger charge is 2.38. The molecular weight excluding hydrogens is 753 g/mol. The van der Waals surface area contributed by atoms with Gasteiger partial charge >= 0.3 is 12.2 Å². The molecule has 15 nitrogen and oxygen atoms in total. The lowest BCUT2D eigenvalue weighted by molar-refractivity contribution is -0.135. The van der Waals surface area contributed by atoms with Gasteiger partial charge in [0.15, 0.2) is 0 Å². The van der Waals surface area contributed by atoms with E-state index < -0.39 is 18.2 Å². The molecule has 1 aromatic heterocycles. The zero-order valence-corrected chi connectivity index (χ0v) is 33.9. The Hall–Kier alpha value is -6.22. The number of aromatic amines is 1. The number of aliphatic hydroxyl groups excluding tert-OH is 1. The molecule has 0 aliphatic carbocycles. The van der Waals surface area contributed by atoms with Crippen LogP contribution in [-0.4, -0.2) is 108 Å². The summed E-state index contributed by atoms with van der Waals surface area (Å²) in [7, 11) is 2.53. The number of hydrogen-bond acceptors (Lipinski definition) is 10. The normalized spacial score (nSPS) is 21.4. The molecule has 4 heterocycles. The molecular formula is C44H52N8O7. The molecule has 59 heavy (non-hydrogen) atoms. The molecule has 2 fully saturated rings. The van der Waals surface area contributed by atoms with Crippen LogP contribution in [0.15, 0.2) is 77.9 Å². The third-order valence-corrected chi connectivity index (χ3v) is 11.7. The highest BCUT2D eigenvalue weighted by atomic mass is 16.5. The number of fused-ring (bicyclic) bond motifs is 1. The smallest absolute Gasteiger partial charge is 0.407 e. The largest absolute Gasteiger partial charge is 0.453 e. The molecule has 0 spiro atoms.